The molecular formula is C18H33NO3. The molecule has 1 heterocycles. The molecule has 1 aliphatic carbocycles. The van der Waals surface area contributed by atoms with Crippen molar-refractivity contribution in [3.05, 3.63) is 0 Å². The van der Waals surface area contributed by atoms with Crippen molar-refractivity contribution in [2.24, 2.45) is 11.3 Å². The highest BCUT2D eigenvalue weighted by Gasteiger charge is 2.37. The first-order valence-electron chi connectivity index (χ1n) is 8.89. The van der Waals surface area contributed by atoms with E-state index < -0.39 is 5.60 Å². The summed E-state index contributed by atoms with van der Waals surface area (Å²) in [6.45, 7) is 8.05. The lowest BCUT2D eigenvalue weighted by atomic mass is 9.68. The van der Waals surface area contributed by atoms with Gasteiger partial charge in [0.15, 0.2) is 0 Å². The Morgan fingerprint density at radius 1 is 1.27 bits per heavy atom. The molecule has 1 atom stereocenters. The number of rotatable bonds is 5. The van der Waals surface area contributed by atoms with Gasteiger partial charge in [-0.3, -0.25) is 4.79 Å². The molecule has 4 heteroatoms. The van der Waals surface area contributed by atoms with Crippen molar-refractivity contribution in [3.8, 4) is 0 Å². The number of nitrogens with one attached hydrogen (secondary N) is 1. The van der Waals surface area contributed by atoms with Crippen molar-refractivity contribution in [1.82, 2.24) is 5.32 Å². The highest BCUT2D eigenvalue weighted by atomic mass is 16.5. The van der Waals surface area contributed by atoms with E-state index in [1.54, 1.807) is 0 Å². The molecule has 0 bridgehead atoms. The van der Waals surface area contributed by atoms with Crippen LogP contribution in [0.15, 0.2) is 0 Å². The van der Waals surface area contributed by atoms with E-state index in [-0.39, 0.29) is 12.0 Å². The summed E-state index contributed by atoms with van der Waals surface area (Å²) in [4.78, 5) is 11.9. The zero-order valence-corrected chi connectivity index (χ0v) is 14.5. The van der Waals surface area contributed by atoms with Crippen LogP contribution >= 0.6 is 0 Å². The Morgan fingerprint density at radius 2 is 1.95 bits per heavy atom. The van der Waals surface area contributed by atoms with Crippen LogP contribution in [-0.2, 0) is 9.53 Å². The van der Waals surface area contributed by atoms with Gasteiger partial charge in [0.1, 0.15) is 0 Å². The molecule has 0 radical (unpaired) electrons. The highest BCUT2D eigenvalue weighted by Crippen LogP contribution is 2.41. The average Bonchev–Trinajstić information content (AvgIpc) is 2.96. The van der Waals surface area contributed by atoms with Gasteiger partial charge >= 0.3 is 0 Å². The van der Waals surface area contributed by atoms with Crippen molar-refractivity contribution in [1.29, 1.82) is 0 Å². The third-order valence-electron chi connectivity index (χ3n) is 5.47. The summed E-state index contributed by atoms with van der Waals surface area (Å²) in [7, 11) is 0. The molecule has 2 rings (SSSR count). The summed E-state index contributed by atoms with van der Waals surface area (Å²) in [5.74, 6) is 0.713. The molecule has 1 saturated heterocycles. The van der Waals surface area contributed by atoms with Crippen LogP contribution in [0.25, 0.3) is 0 Å². The number of carbonyl (C=O) groups is 1. The van der Waals surface area contributed by atoms with Crippen molar-refractivity contribution < 1.29 is 14.6 Å². The Kier molecular flexibility index (Phi) is 5.89. The van der Waals surface area contributed by atoms with Gasteiger partial charge in [-0.1, -0.05) is 20.8 Å². The molecule has 0 spiro atoms. The summed E-state index contributed by atoms with van der Waals surface area (Å²) in [5.41, 5.74) is -0.396. The number of carbonyl (C=O) groups excluding carboxylic acids is 1. The first-order chi connectivity index (χ1) is 10.3. The summed E-state index contributed by atoms with van der Waals surface area (Å²) in [6.07, 6.45) is 7.43. The largest absolute Gasteiger partial charge is 0.388 e. The van der Waals surface area contributed by atoms with Crippen LogP contribution in [0.3, 0.4) is 0 Å². The first-order valence-corrected chi connectivity index (χ1v) is 8.89. The SMILES string of the molecule is CC(C)(C)C1CCC(O)(CNC(=O)CCC2CCCO2)CC1. The molecule has 0 aromatic rings. The first kappa shape index (κ1) is 17.7. The second-order valence-corrected chi connectivity index (χ2v) is 8.32. The van der Waals surface area contributed by atoms with Crippen LogP contribution in [0.5, 0.6) is 0 Å². The van der Waals surface area contributed by atoms with Crippen molar-refractivity contribution >= 4 is 5.91 Å². The predicted molar refractivity (Wildman–Crippen MR) is 87.6 cm³/mol. The fourth-order valence-corrected chi connectivity index (χ4v) is 3.71. The van der Waals surface area contributed by atoms with Gasteiger partial charge in [-0.2, -0.15) is 0 Å². The maximum absolute atomic E-state index is 11.9. The molecule has 1 saturated carbocycles. The van der Waals surface area contributed by atoms with Gasteiger partial charge in [-0.05, 0) is 56.3 Å². The van der Waals surface area contributed by atoms with Gasteiger partial charge in [-0.15, -0.1) is 0 Å². The number of amides is 1. The number of ether oxygens (including phenoxy) is 1. The smallest absolute Gasteiger partial charge is 0.220 e. The van der Waals surface area contributed by atoms with Gasteiger partial charge < -0.3 is 15.2 Å². The molecule has 128 valence electrons. The standard InChI is InChI=1S/C18H33NO3/c1-17(2,3)14-8-10-18(21,11-9-14)13-19-16(20)7-6-15-5-4-12-22-15/h14-15,21H,4-13H2,1-3H3,(H,19,20). The van der Waals surface area contributed by atoms with E-state index in [0.29, 0.717) is 24.3 Å². The molecular weight excluding hydrogens is 278 g/mol. The minimum absolute atomic E-state index is 0.0434. The Bertz CT molecular complexity index is 361. The lowest BCUT2D eigenvalue weighted by Crippen LogP contribution is -2.46. The molecule has 1 unspecified atom stereocenters. The van der Waals surface area contributed by atoms with Gasteiger partial charge in [-0.25, -0.2) is 0 Å². The monoisotopic (exact) mass is 311 g/mol. The maximum Gasteiger partial charge on any atom is 0.220 e. The fraction of sp³-hybridized carbons (Fsp3) is 0.944. The van der Waals surface area contributed by atoms with Gasteiger partial charge in [0.2, 0.25) is 5.91 Å². The van der Waals surface area contributed by atoms with Crippen molar-refractivity contribution in [2.75, 3.05) is 13.2 Å². The molecule has 1 amide bonds. The molecule has 2 N–H and O–H groups in total. The highest BCUT2D eigenvalue weighted by molar-refractivity contribution is 5.75. The summed E-state index contributed by atoms with van der Waals surface area (Å²) in [6, 6.07) is 0. The van der Waals surface area contributed by atoms with Crippen molar-refractivity contribution in [3.63, 3.8) is 0 Å². The van der Waals surface area contributed by atoms with Gasteiger partial charge in [0, 0.05) is 19.6 Å². The maximum atomic E-state index is 11.9. The van der Waals surface area contributed by atoms with Gasteiger partial charge in [0.05, 0.1) is 11.7 Å². The second kappa shape index (κ2) is 7.31. The normalized spacial score (nSPS) is 32.9. The summed E-state index contributed by atoms with van der Waals surface area (Å²) >= 11 is 0. The molecule has 22 heavy (non-hydrogen) atoms. The lowest BCUT2D eigenvalue weighted by molar-refractivity contribution is -0.123. The van der Waals surface area contributed by atoms with Crippen LogP contribution in [-0.4, -0.2) is 35.9 Å². The third kappa shape index (κ3) is 5.24. The van der Waals surface area contributed by atoms with E-state index in [4.69, 9.17) is 4.74 Å². The Hall–Kier alpha value is -0.610. The molecule has 0 aromatic heterocycles. The zero-order valence-electron chi connectivity index (χ0n) is 14.5. The minimum Gasteiger partial charge on any atom is -0.388 e. The summed E-state index contributed by atoms with van der Waals surface area (Å²) in [5, 5.41) is 13.6. The molecule has 2 aliphatic rings. The van der Waals surface area contributed by atoms with Gasteiger partial charge in [0.25, 0.3) is 0 Å². The zero-order chi connectivity index (χ0) is 16.2. The van der Waals surface area contributed by atoms with Crippen LogP contribution in [0.2, 0.25) is 0 Å². The molecule has 4 nitrogen and oxygen atoms in total. The van der Waals surface area contributed by atoms with E-state index >= 15 is 0 Å². The Balaban J connectivity index is 1.66. The van der Waals surface area contributed by atoms with Crippen molar-refractivity contribution in [2.45, 2.75) is 83.8 Å². The third-order valence-corrected chi connectivity index (χ3v) is 5.47. The predicted octanol–water partition coefficient (Wildman–Crippen LogP) is 3.03. The lowest BCUT2D eigenvalue weighted by Gasteiger charge is -2.41. The topological polar surface area (TPSA) is 58.6 Å². The van der Waals surface area contributed by atoms with Crippen LogP contribution < -0.4 is 5.32 Å². The minimum atomic E-state index is -0.707. The van der Waals surface area contributed by atoms with E-state index in [9.17, 15) is 9.90 Å². The van der Waals surface area contributed by atoms with Crippen LogP contribution in [0.1, 0.15) is 72.1 Å². The Labute approximate surface area is 135 Å². The fourth-order valence-electron chi connectivity index (χ4n) is 3.71. The van der Waals surface area contributed by atoms with E-state index in [1.165, 1.54) is 0 Å². The van der Waals surface area contributed by atoms with E-state index in [2.05, 4.69) is 26.1 Å². The average molecular weight is 311 g/mol. The number of hydrogen-bond acceptors (Lipinski definition) is 3. The van der Waals surface area contributed by atoms with E-state index in [1.807, 2.05) is 0 Å². The molecule has 0 aromatic carbocycles. The molecule has 2 fully saturated rings. The van der Waals surface area contributed by atoms with E-state index in [0.717, 1.165) is 51.6 Å². The Morgan fingerprint density at radius 3 is 2.50 bits per heavy atom. The quantitative estimate of drug-likeness (QED) is 0.820. The number of hydrogen-bond donors (Lipinski definition) is 2. The summed E-state index contributed by atoms with van der Waals surface area (Å²) < 4.78 is 5.53. The second-order valence-electron chi connectivity index (χ2n) is 8.32. The number of aliphatic hydroxyl groups is 1. The van der Waals surface area contributed by atoms with Crippen LogP contribution in [0, 0.1) is 11.3 Å². The van der Waals surface area contributed by atoms with Crippen LogP contribution in [0.4, 0.5) is 0 Å². The molecule has 1 aliphatic heterocycles.